The number of amides is 4. The molecule has 2 N–H and O–H groups in total. The van der Waals surface area contributed by atoms with Crippen molar-refractivity contribution >= 4 is 17.8 Å². The largest absolute Gasteiger partial charge is 0.325 e. The molecule has 7 nitrogen and oxygen atoms in total. The first-order chi connectivity index (χ1) is 10.8. The van der Waals surface area contributed by atoms with Crippen LogP contribution < -0.4 is 10.7 Å². The number of carbonyl (C=O) groups is 3. The highest BCUT2D eigenvalue weighted by Crippen LogP contribution is 2.23. The average molecular weight is 318 g/mol. The molecular weight excluding hydrogens is 296 g/mol. The van der Waals surface area contributed by atoms with E-state index in [4.69, 9.17) is 0 Å². The first kappa shape index (κ1) is 17.0. The molecule has 124 valence electrons. The molecule has 0 aromatic heterocycles. The Balaban J connectivity index is 2.00. The Morgan fingerprint density at radius 2 is 1.91 bits per heavy atom. The highest BCUT2D eigenvalue weighted by atomic mass is 16.2. The normalized spacial score (nSPS) is 20.8. The number of imide groups is 1. The monoisotopic (exact) mass is 318 g/mol. The van der Waals surface area contributed by atoms with Gasteiger partial charge >= 0.3 is 6.03 Å². The van der Waals surface area contributed by atoms with Gasteiger partial charge in [-0.25, -0.2) is 9.80 Å². The van der Waals surface area contributed by atoms with Gasteiger partial charge in [0.2, 0.25) is 0 Å². The smallest absolute Gasteiger partial charge is 0.323 e. The van der Waals surface area contributed by atoms with E-state index in [9.17, 15) is 14.4 Å². The molecule has 7 heteroatoms. The van der Waals surface area contributed by atoms with Gasteiger partial charge in [-0.1, -0.05) is 30.3 Å². The molecule has 1 fully saturated rings. The number of nitrogens with zero attached hydrogens (tertiary/aromatic N) is 2. The maximum Gasteiger partial charge on any atom is 0.325 e. The Bertz CT molecular complexity index is 603. The number of benzene rings is 1. The quantitative estimate of drug-likeness (QED) is 0.592. The van der Waals surface area contributed by atoms with Crippen molar-refractivity contribution in [3.63, 3.8) is 0 Å². The molecule has 2 rings (SSSR count). The lowest BCUT2D eigenvalue weighted by Crippen LogP contribution is -2.47. The van der Waals surface area contributed by atoms with Gasteiger partial charge in [-0.2, -0.15) is 0 Å². The third-order valence-electron chi connectivity index (χ3n) is 3.75. The SMILES string of the molecule is CN(C)NC(=O)CN1C(=O)N[C@@](C)(CCc2ccccc2)C1=O. The van der Waals surface area contributed by atoms with Crippen LogP contribution in [0.15, 0.2) is 30.3 Å². The van der Waals surface area contributed by atoms with E-state index in [0.717, 1.165) is 10.5 Å². The van der Waals surface area contributed by atoms with Gasteiger partial charge in [-0.15, -0.1) is 0 Å². The topological polar surface area (TPSA) is 81.8 Å². The Morgan fingerprint density at radius 1 is 1.26 bits per heavy atom. The summed E-state index contributed by atoms with van der Waals surface area (Å²) in [5.74, 6) is -0.779. The molecule has 1 aromatic rings. The van der Waals surface area contributed by atoms with Crippen LogP contribution in [0.4, 0.5) is 4.79 Å². The molecule has 1 aromatic carbocycles. The number of carbonyl (C=O) groups excluding carboxylic acids is 3. The van der Waals surface area contributed by atoms with Gasteiger partial charge in [0.05, 0.1) is 0 Å². The van der Waals surface area contributed by atoms with Crippen LogP contribution in [-0.2, 0) is 16.0 Å². The highest BCUT2D eigenvalue weighted by molar-refractivity contribution is 6.08. The zero-order valence-corrected chi connectivity index (χ0v) is 13.6. The second-order valence-electron chi connectivity index (χ2n) is 6.07. The maximum atomic E-state index is 12.5. The number of nitrogens with one attached hydrogen (secondary N) is 2. The highest BCUT2D eigenvalue weighted by Gasteiger charge is 2.47. The van der Waals surface area contributed by atoms with E-state index >= 15 is 0 Å². The van der Waals surface area contributed by atoms with Crippen molar-refractivity contribution in [1.82, 2.24) is 20.7 Å². The molecule has 1 heterocycles. The zero-order chi connectivity index (χ0) is 17.0. The zero-order valence-electron chi connectivity index (χ0n) is 13.6. The van der Waals surface area contributed by atoms with Crippen LogP contribution >= 0.6 is 0 Å². The summed E-state index contributed by atoms with van der Waals surface area (Å²) in [5, 5.41) is 4.17. The predicted molar refractivity (Wildman–Crippen MR) is 85.2 cm³/mol. The lowest BCUT2D eigenvalue weighted by atomic mass is 9.93. The summed E-state index contributed by atoms with van der Waals surface area (Å²) in [5.41, 5.74) is 2.63. The van der Waals surface area contributed by atoms with Gasteiger partial charge < -0.3 is 5.32 Å². The van der Waals surface area contributed by atoms with Gasteiger partial charge in [-0.05, 0) is 25.3 Å². The van der Waals surface area contributed by atoms with Crippen LogP contribution in [-0.4, -0.2) is 53.9 Å². The fourth-order valence-electron chi connectivity index (χ4n) is 2.53. The van der Waals surface area contributed by atoms with Crippen LogP contribution in [0.2, 0.25) is 0 Å². The Kier molecular flexibility index (Phi) is 5.00. The fraction of sp³-hybridized carbons (Fsp3) is 0.438. The molecule has 1 aliphatic rings. The second kappa shape index (κ2) is 6.78. The van der Waals surface area contributed by atoms with Crippen molar-refractivity contribution in [3.05, 3.63) is 35.9 Å². The van der Waals surface area contributed by atoms with Crippen molar-refractivity contribution < 1.29 is 14.4 Å². The third-order valence-corrected chi connectivity index (χ3v) is 3.75. The number of urea groups is 1. The van der Waals surface area contributed by atoms with Gasteiger partial charge in [0, 0.05) is 14.1 Å². The van der Waals surface area contributed by atoms with E-state index in [2.05, 4.69) is 10.7 Å². The van der Waals surface area contributed by atoms with Crippen molar-refractivity contribution in [3.8, 4) is 0 Å². The van der Waals surface area contributed by atoms with Crippen molar-refractivity contribution in [2.45, 2.75) is 25.3 Å². The lowest BCUT2D eigenvalue weighted by Gasteiger charge is -2.21. The number of rotatable bonds is 6. The van der Waals surface area contributed by atoms with Crippen LogP contribution in [0.1, 0.15) is 18.9 Å². The first-order valence-electron chi connectivity index (χ1n) is 7.47. The van der Waals surface area contributed by atoms with E-state index in [1.807, 2.05) is 30.3 Å². The standard InChI is InChI=1S/C16H22N4O3/c1-16(10-9-12-7-5-4-6-8-12)14(22)20(15(23)17-16)11-13(21)18-19(2)3/h4-8H,9-11H2,1-3H3,(H,17,23)(H,18,21)/t16-/m0/s1. The van der Waals surface area contributed by atoms with E-state index in [1.54, 1.807) is 21.0 Å². The van der Waals surface area contributed by atoms with Gasteiger partial charge in [0.25, 0.3) is 11.8 Å². The van der Waals surface area contributed by atoms with Crippen LogP contribution in [0, 0.1) is 0 Å². The van der Waals surface area contributed by atoms with E-state index < -0.39 is 17.5 Å². The second-order valence-corrected chi connectivity index (χ2v) is 6.07. The molecule has 0 saturated carbocycles. The minimum absolute atomic E-state index is 0.288. The summed E-state index contributed by atoms with van der Waals surface area (Å²) in [7, 11) is 3.32. The molecule has 1 atom stereocenters. The summed E-state index contributed by atoms with van der Waals surface area (Å²) in [4.78, 5) is 37.3. The average Bonchev–Trinajstić information content (AvgIpc) is 2.69. The molecule has 0 bridgehead atoms. The summed E-state index contributed by atoms with van der Waals surface area (Å²) >= 11 is 0. The van der Waals surface area contributed by atoms with E-state index in [-0.39, 0.29) is 12.5 Å². The number of hydrazine groups is 1. The Hall–Kier alpha value is -2.41. The first-order valence-corrected chi connectivity index (χ1v) is 7.47. The van der Waals surface area contributed by atoms with Gasteiger partial charge in [0.15, 0.2) is 0 Å². The molecule has 0 unspecified atom stereocenters. The number of hydrogen-bond donors (Lipinski definition) is 2. The molecule has 4 amide bonds. The molecule has 0 spiro atoms. The molecule has 23 heavy (non-hydrogen) atoms. The molecular formula is C16H22N4O3. The van der Waals surface area contributed by atoms with E-state index in [0.29, 0.717) is 12.8 Å². The van der Waals surface area contributed by atoms with Crippen LogP contribution in [0.5, 0.6) is 0 Å². The summed E-state index contributed by atoms with van der Waals surface area (Å²) in [6, 6.07) is 9.23. The predicted octanol–water partition coefficient (Wildman–Crippen LogP) is 0.523. The van der Waals surface area contributed by atoms with Crippen molar-refractivity contribution in [1.29, 1.82) is 0 Å². The summed E-state index contributed by atoms with van der Waals surface area (Å²) in [6.07, 6.45) is 1.15. The van der Waals surface area contributed by atoms with Crippen LogP contribution in [0.25, 0.3) is 0 Å². The molecule has 0 aliphatic carbocycles. The lowest BCUT2D eigenvalue weighted by molar-refractivity contribution is -0.135. The molecule has 1 saturated heterocycles. The summed E-state index contributed by atoms with van der Waals surface area (Å²) < 4.78 is 0. The Labute approximate surface area is 135 Å². The fourth-order valence-corrected chi connectivity index (χ4v) is 2.53. The van der Waals surface area contributed by atoms with E-state index in [1.165, 1.54) is 5.01 Å². The summed E-state index contributed by atoms with van der Waals surface area (Å²) in [6.45, 7) is 1.41. The minimum atomic E-state index is -0.981. The molecule has 1 aliphatic heterocycles. The van der Waals surface area contributed by atoms with Crippen molar-refractivity contribution in [2.75, 3.05) is 20.6 Å². The number of hydrogen-bond acceptors (Lipinski definition) is 4. The van der Waals surface area contributed by atoms with Gasteiger partial charge in [-0.3, -0.25) is 19.9 Å². The minimum Gasteiger partial charge on any atom is -0.323 e. The number of aryl methyl sites for hydroxylation is 1. The third kappa shape index (κ3) is 4.07. The van der Waals surface area contributed by atoms with Crippen molar-refractivity contribution in [2.24, 2.45) is 0 Å². The Morgan fingerprint density at radius 3 is 2.52 bits per heavy atom. The van der Waals surface area contributed by atoms with Crippen LogP contribution in [0.3, 0.4) is 0 Å². The van der Waals surface area contributed by atoms with Gasteiger partial charge in [0.1, 0.15) is 12.1 Å². The maximum absolute atomic E-state index is 12.5. The molecule has 0 radical (unpaired) electrons.